The van der Waals surface area contributed by atoms with Crippen LogP contribution in [0.2, 0.25) is 4.47 Å². The maximum absolute atomic E-state index is 13.0. The summed E-state index contributed by atoms with van der Waals surface area (Å²) >= 11 is 6.44. The van der Waals surface area contributed by atoms with E-state index in [4.69, 9.17) is 11.6 Å². The molecule has 1 heterocycles. The molecule has 0 radical (unpaired) electrons. The minimum atomic E-state index is -1.95. The quantitative estimate of drug-likeness (QED) is 0.779. The smallest absolute Gasteiger partial charge is 0.267 e. The second-order valence-corrected chi connectivity index (χ2v) is 3.45. The van der Waals surface area contributed by atoms with Gasteiger partial charge < -0.3 is 0 Å². The van der Waals surface area contributed by atoms with Crippen molar-refractivity contribution in [1.29, 1.82) is 0 Å². The van der Waals surface area contributed by atoms with Crippen molar-refractivity contribution in [3.05, 3.63) is 15.5 Å². The van der Waals surface area contributed by atoms with E-state index in [9.17, 15) is 14.0 Å². The van der Waals surface area contributed by atoms with Crippen LogP contribution in [-0.4, -0.2) is 17.3 Å². The fourth-order valence-corrected chi connectivity index (χ4v) is 1.42. The number of carbonyl (C=O) groups excluding carboxylic acids is 2. The van der Waals surface area contributed by atoms with Crippen LogP contribution in [0.4, 0.5) is 4.39 Å². The first kappa shape index (κ1) is 10.1. The SMILES string of the molecule is O=CNC(=O)C(F)c1csc(Cl)n1. The molecule has 0 aliphatic heterocycles. The van der Waals surface area contributed by atoms with Crippen LogP contribution in [0.1, 0.15) is 11.9 Å². The number of imide groups is 1. The molecule has 0 fully saturated rings. The highest BCUT2D eigenvalue weighted by Crippen LogP contribution is 2.22. The first-order chi connectivity index (χ1) is 6.15. The highest BCUT2D eigenvalue weighted by atomic mass is 35.5. The number of nitrogens with zero attached hydrogens (tertiary/aromatic N) is 1. The molecule has 4 nitrogen and oxygen atoms in total. The molecule has 1 atom stereocenters. The molecule has 1 aromatic heterocycles. The molecule has 0 aromatic carbocycles. The second kappa shape index (κ2) is 4.29. The summed E-state index contributed by atoms with van der Waals surface area (Å²) in [5, 5.41) is 3.00. The Bertz CT molecular complexity index is 330. The standard InChI is InChI=1S/C6H4ClFN2O2S/c7-6-10-3(1-13-6)4(8)5(12)9-2-11/h1-2,4H,(H,9,11,12). The lowest BCUT2D eigenvalue weighted by molar-refractivity contribution is -0.129. The Balaban J connectivity index is 2.72. The molecule has 0 aliphatic rings. The van der Waals surface area contributed by atoms with E-state index in [1.807, 2.05) is 0 Å². The van der Waals surface area contributed by atoms with Gasteiger partial charge in [-0.3, -0.25) is 14.9 Å². The number of aromatic nitrogens is 1. The van der Waals surface area contributed by atoms with Crippen molar-refractivity contribution in [3.63, 3.8) is 0 Å². The average molecular weight is 223 g/mol. The molecule has 70 valence electrons. The van der Waals surface area contributed by atoms with E-state index in [0.717, 1.165) is 11.3 Å². The molecule has 0 saturated heterocycles. The van der Waals surface area contributed by atoms with Gasteiger partial charge in [0.1, 0.15) is 0 Å². The Morgan fingerprint density at radius 2 is 2.54 bits per heavy atom. The van der Waals surface area contributed by atoms with E-state index in [1.54, 1.807) is 5.32 Å². The normalized spacial score (nSPS) is 12.2. The molecular weight excluding hydrogens is 219 g/mol. The molecule has 1 rings (SSSR count). The molecule has 1 aromatic rings. The first-order valence-corrected chi connectivity index (χ1v) is 4.40. The van der Waals surface area contributed by atoms with Crippen LogP contribution in [0.5, 0.6) is 0 Å². The third kappa shape index (κ3) is 2.46. The van der Waals surface area contributed by atoms with E-state index < -0.39 is 12.1 Å². The van der Waals surface area contributed by atoms with Gasteiger partial charge in [0.25, 0.3) is 5.91 Å². The minimum absolute atomic E-state index is 0.0886. The summed E-state index contributed by atoms with van der Waals surface area (Å²) in [6.07, 6.45) is -1.84. The fraction of sp³-hybridized carbons (Fsp3) is 0.167. The van der Waals surface area contributed by atoms with E-state index in [0.29, 0.717) is 0 Å². The van der Waals surface area contributed by atoms with Crippen molar-refractivity contribution in [2.24, 2.45) is 0 Å². The molecule has 0 spiro atoms. The zero-order valence-electron chi connectivity index (χ0n) is 6.16. The summed E-state index contributed by atoms with van der Waals surface area (Å²) in [5.41, 5.74) is -0.0886. The number of hydrogen-bond donors (Lipinski definition) is 1. The molecule has 0 bridgehead atoms. The zero-order chi connectivity index (χ0) is 9.84. The van der Waals surface area contributed by atoms with E-state index in [-0.39, 0.29) is 16.6 Å². The Hall–Kier alpha value is -1.01. The first-order valence-electron chi connectivity index (χ1n) is 3.14. The lowest BCUT2D eigenvalue weighted by Gasteiger charge is -2.00. The van der Waals surface area contributed by atoms with Crippen molar-refractivity contribution in [3.8, 4) is 0 Å². The monoisotopic (exact) mass is 222 g/mol. The van der Waals surface area contributed by atoms with Crippen LogP contribution in [0, 0.1) is 0 Å². The average Bonchev–Trinajstić information content (AvgIpc) is 2.51. The summed E-state index contributed by atoms with van der Waals surface area (Å²) in [4.78, 5) is 24.1. The van der Waals surface area contributed by atoms with E-state index in [1.165, 1.54) is 5.38 Å². The van der Waals surface area contributed by atoms with Gasteiger partial charge in [-0.2, -0.15) is 0 Å². The Kier molecular flexibility index (Phi) is 3.32. The number of hydrogen-bond acceptors (Lipinski definition) is 4. The number of rotatable bonds is 3. The minimum Gasteiger partial charge on any atom is -0.296 e. The van der Waals surface area contributed by atoms with Crippen LogP contribution < -0.4 is 5.32 Å². The molecule has 7 heteroatoms. The van der Waals surface area contributed by atoms with Gasteiger partial charge in [0.2, 0.25) is 12.6 Å². The molecule has 0 saturated carbocycles. The Morgan fingerprint density at radius 3 is 3.00 bits per heavy atom. The zero-order valence-corrected chi connectivity index (χ0v) is 7.73. The van der Waals surface area contributed by atoms with Gasteiger partial charge in [0.15, 0.2) is 4.47 Å². The number of carbonyl (C=O) groups is 2. The van der Waals surface area contributed by atoms with Crippen molar-refractivity contribution in [1.82, 2.24) is 10.3 Å². The van der Waals surface area contributed by atoms with Gasteiger partial charge in [0, 0.05) is 5.38 Å². The largest absolute Gasteiger partial charge is 0.296 e. The van der Waals surface area contributed by atoms with Crippen molar-refractivity contribution >= 4 is 35.3 Å². The number of amides is 2. The molecular formula is C6H4ClFN2O2S. The molecule has 1 N–H and O–H groups in total. The highest BCUT2D eigenvalue weighted by molar-refractivity contribution is 7.14. The van der Waals surface area contributed by atoms with Gasteiger partial charge >= 0.3 is 0 Å². The Morgan fingerprint density at radius 1 is 1.85 bits per heavy atom. The fourth-order valence-electron chi connectivity index (χ4n) is 0.645. The maximum Gasteiger partial charge on any atom is 0.267 e. The summed E-state index contributed by atoms with van der Waals surface area (Å²) < 4.78 is 13.2. The van der Waals surface area contributed by atoms with Crippen LogP contribution >= 0.6 is 22.9 Å². The molecule has 13 heavy (non-hydrogen) atoms. The van der Waals surface area contributed by atoms with E-state index >= 15 is 0 Å². The van der Waals surface area contributed by atoms with Gasteiger partial charge in [-0.1, -0.05) is 11.6 Å². The van der Waals surface area contributed by atoms with Crippen molar-refractivity contribution < 1.29 is 14.0 Å². The second-order valence-electron chi connectivity index (χ2n) is 2.01. The number of nitrogens with one attached hydrogen (secondary N) is 1. The maximum atomic E-state index is 13.0. The summed E-state index contributed by atoms with van der Waals surface area (Å²) in [5.74, 6) is -1.04. The van der Waals surface area contributed by atoms with Gasteiger partial charge in [-0.15, -0.1) is 11.3 Å². The van der Waals surface area contributed by atoms with Crippen molar-refractivity contribution in [2.75, 3.05) is 0 Å². The van der Waals surface area contributed by atoms with Crippen LogP contribution in [0.3, 0.4) is 0 Å². The summed E-state index contributed by atoms with van der Waals surface area (Å²) in [6, 6.07) is 0. The van der Waals surface area contributed by atoms with Crippen LogP contribution in [0.25, 0.3) is 0 Å². The molecule has 2 amide bonds. The summed E-state index contributed by atoms with van der Waals surface area (Å²) in [7, 11) is 0. The molecule has 0 aliphatic carbocycles. The highest BCUT2D eigenvalue weighted by Gasteiger charge is 2.21. The topological polar surface area (TPSA) is 59.1 Å². The number of alkyl halides is 1. The third-order valence-electron chi connectivity index (χ3n) is 1.18. The molecule has 1 unspecified atom stereocenters. The van der Waals surface area contributed by atoms with Gasteiger partial charge in [0.05, 0.1) is 5.69 Å². The third-order valence-corrected chi connectivity index (χ3v) is 2.18. The lowest BCUT2D eigenvalue weighted by Crippen LogP contribution is -2.25. The number of halogens is 2. The number of thiazole rings is 1. The predicted molar refractivity (Wildman–Crippen MR) is 45.2 cm³/mol. The van der Waals surface area contributed by atoms with Crippen LogP contribution in [-0.2, 0) is 9.59 Å². The van der Waals surface area contributed by atoms with E-state index in [2.05, 4.69) is 4.98 Å². The summed E-state index contributed by atoms with van der Waals surface area (Å²) in [6.45, 7) is 0. The van der Waals surface area contributed by atoms with Gasteiger partial charge in [-0.25, -0.2) is 9.37 Å². The van der Waals surface area contributed by atoms with Crippen LogP contribution in [0.15, 0.2) is 5.38 Å². The van der Waals surface area contributed by atoms with Gasteiger partial charge in [-0.05, 0) is 0 Å². The lowest BCUT2D eigenvalue weighted by atomic mass is 10.3. The Labute approximate surface area is 81.7 Å². The predicted octanol–water partition coefficient (Wildman–Crippen LogP) is 1.08. The van der Waals surface area contributed by atoms with Crippen molar-refractivity contribution in [2.45, 2.75) is 6.17 Å².